The highest BCUT2D eigenvalue weighted by Crippen LogP contribution is 2.24. The van der Waals surface area contributed by atoms with Gasteiger partial charge in [0, 0.05) is 17.0 Å². The van der Waals surface area contributed by atoms with Crippen molar-refractivity contribution in [1.82, 2.24) is 15.5 Å². The number of thiophene rings is 1. The first-order valence-electron chi connectivity index (χ1n) is 7.65. The zero-order valence-electron chi connectivity index (χ0n) is 15.0. The molecule has 0 saturated heterocycles. The van der Waals surface area contributed by atoms with Crippen LogP contribution in [0.5, 0.6) is 0 Å². The summed E-state index contributed by atoms with van der Waals surface area (Å²) >= 11 is 1.56. The lowest BCUT2D eigenvalue weighted by Gasteiger charge is -2.31. The average Bonchev–Trinajstić information content (AvgIpc) is 2.96. The summed E-state index contributed by atoms with van der Waals surface area (Å²) in [5.74, 6) is 0.731. The Morgan fingerprint density at radius 2 is 1.96 bits per heavy atom. The van der Waals surface area contributed by atoms with Crippen molar-refractivity contribution in [2.45, 2.75) is 38.8 Å². The molecular weight excluding hydrogens is 423 g/mol. The minimum Gasteiger partial charge on any atom is -0.383 e. The third-order valence-electron chi connectivity index (χ3n) is 3.83. The van der Waals surface area contributed by atoms with Crippen molar-refractivity contribution in [3.05, 3.63) is 22.4 Å². The standard InChI is InChI=1S/C16H30N4OS.HI/c1-7-17-14(18-11-15(2,3)20(5)6)19-12-16(4,21)13-9-8-10-22-13;/h8-10,21H,7,11-12H2,1-6H3,(H2,17,18,19);1H. The summed E-state index contributed by atoms with van der Waals surface area (Å²) in [5.41, 5.74) is -0.917. The van der Waals surface area contributed by atoms with Crippen LogP contribution in [0, 0.1) is 0 Å². The van der Waals surface area contributed by atoms with E-state index in [2.05, 4.69) is 48.5 Å². The molecule has 0 bridgehead atoms. The molecule has 0 aromatic carbocycles. The molecule has 0 spiro atoms. The molecule has 0 aliphatic rings. The monoisotopic (exact) mass is 454 g/mol. The molecule has 3 N–H and O–H groups in total. The molecule has 7 heteroatoms. The Hall–Kier alpha value is -0.380. The number of halogens is 1. The maximum absolute atomic E-state index is 10.6. The fourth-order valence-corrected chi connectivity index (χ4v) is 2.47. The van der Waals surface area contributed by atoms with Gasteiger partial charge in [-0.05, 0) is 53.2 Å². The lowest BCUT2D eigenvalue weighted by atomic mass is 10.1. The van der Waals surface area contributed by atoms with Gasteiger partial charge < -0.3 is 20.6 Å². The fraction of sp³-hybridized carbons (Fsp3) is 0.688. The number of hydrogen-bond acceptors (Lipinski definition) is 4. The molecule has 0 fully saturated rings. The molecule has 0 amide bonds. The third kappa shape index (κ3) is 7.36. The SMILES string of the molecule is CCNC(=NCC(C)(C)N(C)C)NCC(C)(O)c1cccs1.I. The number of guanidine groups is 1. The number of rotatable bonds is 7. The fourth-order valence-electron chi connectivity index (χ4n) is 1.68. The predicted octanol–water partition coefficient (Wildman–Crippen LogP) is 2.47. The van der Waals surface area contributed by atoms with E-state index >= 15 is 0 Å². The number of aliphatic hydroxyl groups is 1. The van der Waals surface area contributed by atoms with Gasteiger partial charge in [-0.3, -0.25) is 4.99 Å². The van der Waals surface area contributed by atoms with Gasteiger partial charge in [-0.15, -0.1) is 35.3 Å². The Labute approximate surface area is 161 Å². The second-order valence-corrected chi connectivity index (χ2v) is 7.45. The topological polar surface area (TPSA) is 59.9 Å². The van der Waals surface area contributed by atoms with Gasteiger partial charge in [0.05, 0.1) is 13.1 Å². The van der Waals surface area contributed by atoms with E-state index in [1.807, 2.05) is 31.4 Å². The molecule has 134 valence electrons. The number of aliphatic imine (C=N–C) groups is 1. The Morgan fingerprint density at radius 3 is 2.43 bits per heavy atom. The minimum absolute atomic E-state index is 0. The van der Waals surface area contributed by atoms with Gasteiger partial charge in [-0.2, -0.15) is 0 Å². The van der Waals surface area contributed by atoms with Gasteiger partial charge in [0.25, 0.3) is 0 Å². The van der Waals surface area contributed by atoms with Gasteiger partial charge in [-0.1, -0.05) is 6.07 Å². The van der Waals surface area contributed by atoms with Crippen molar-refractivity contribution in [2.24, 2.45) is 4.99 Å². The van der Waals surface area contributed by atoms with E-state index in [0.29, 0.717) is 13.1 Å². The zero-order valence-corrected chi connectivity index (χ0v) is 18.2. The molecule has 1 atom stereocenters. The average molecular weight is 454 g/mol. The van der Waals surface area contributed by atoms with E-state index in [1.165, 1.54) is 0 Å². The summed E-state index contributed by atoms with van der Waals surface area (Å²) in [7, 11) is 4.11. The molecule has 0 saturated carbocycles. The van der Waals surface area contributed by atoms with Crippen molar-refractivity contribution in [2.75, 3.05) is 33.7 Å². The van der Waals surface area contributed by atoms with Crippen molar-refractivity contribution in [3.8, 4) is 0 Å². The maximum Gasteiger partial charge on any atom is 0.191 e. The van der Waals surface area contributed by atoms with Gasteiger partial charge in [0.15, 0.2) is 5.96 Å². The summed E-state index contributed by atoms with van der Waals surface area (Å²) < 4.78 is 0. The molecular formula is C16H31IN4OS. The third-order valence-corrected chi connectivity index (χ3v) is 4.95. The van der Waals surface area contributed by atoms with Crippen LogP contribution in [-0.4, -0.2) is 55.2 Å². The van der Waals surface area contributed by atoms with Crippen molar-refractivity contribution in [3.63, 3.8) is 0 Å². The second-order valence-electron chi connectivity index (χ2n) is 6.51. The summed E-state index contributed by atoms with van der Waals surface area (Å²) in [4.78, 5) is 7.74. The van der Waals surface area contributed by atoms with E-state index in [9.17, 15) is 5.11 Å². The highest BCUT2D eigenvalue weighted by molar-refractivity contribution is 14.0. The molecule has 0 radical (unpaired) electrons. The number of nitrogens with zero attached hydrogens (tertiary/aromatic N) is 2. The molecule has 0 aliphatic carbocycles. The van der Waals surface area contributed by atoms with E-state index in [0.717, 1.165) is 17.4 Å². The molecule has 1 heterocycles. The highest BCUT2D eigenvalue weighted by atomic mass is 127. The number of likely N-dealkylation sites (N-methyl/N-ethyl adjacent to an activating group) is 1. The molecule has 1 rings (SSSR count). The molecule has 1 aromatic rings. The Kier molecular flexibility index (Phi) is 9.64. The van der Waals surface area contributed by atoms with Crippen LogP contribution >= 0.6 is 35.3 Å². The van der Waals surface area contributed by atoms with Crippen LogP contribution in [-0.2, 0) is 5.60 Å². The van der Waals surface area contributed by atoms with Gasteiger partial charge in [0.2, 0.25) is 0 Å². The normalized spacial score (nSPS) is 15.0. The van der Waals surface area contributed by atoms with Crippen LogP contribution < -0.4 is 10.6 Å². The summed E-state index contributed by atoms with van der Waals surface area (Å²) in [6, 6.07) is 3.90. The largest absolute Gasteiger partial charge is 0.383 e. The van der Waals surface area contributed by atoms with Crippen LogP contribution in [0.25, 0.3) is 0 Å². The minimum atomic E-state index is -0.901. The number of hydrogen-bond donors (Lipinski definition) is 3. The second kappa shape index (κ2) is 9.80. The summed E-state index contributed by atoms with van der Waals surface area (Å²) in [5, 5.41) is 19.0. The van der Waals surface area contributed by atoms with Crippen LogP contribution in [0.4, 0.5) is 0 Å². The van der Waals surface area contributed by atoms with Gasteiger partial charge >= 0.3 is 0 Å². The van der Waals surface area contributed by atoms with Crippen molar-refractivity contribution in [1.29, 1.82) is 0 Å². The molecule has 1 unspecified atom stereocenters. The van der Waals surface area contributed by atoms with Crippen LogP contribution in [0.3, 0.4) is 0 Å². The Morgan fingerprint density at radius 1 is 1.30 bits per heavy atom. The quantitative estimate of drug-likeness (QED) is 0.337. The molecule has 23 heavy (non-hydrogen) atoms. The molecule has 0 aliphatic heterocycles. The Balaban J connectivity index is 0.00000484. The van der Waals surface area contributed by atoms with Crippen LogP contribution in [0.2, 0.25) is 0 Å². The van der Waals surface area contributed by atoms with E-state index in [-0.39, 0.29) is 29.5 Å². The van der Waals surface area contributed by atoms with Gasteiger partial charge in [0.1, 0.15) is 5.60 Å². The Bertz CT molecular complexity index is 472. The molecule has 1 aromatic heterocycles. The van der Waals surface area contributed by atoms with Gasteiger partial charge in [-0.25, -0.2) is 0 Å². The number of nitrogens with one attached hydrogen (secondary N) is 2. The highest BCUT2D eigenvalue weighted by Gasteiger charge is 2.25. The zero-order chi connectivity index (χ0) is 16.8. The van der Waals surface area contributed by atoms with E-state index < -0.39 is 5.60 Å². The lowest BCUT2D eigenvalue weighted by molar-refractivity contribution is 0.0655. The lowest BCUT2D eigenvalue weighted by Crippen LogP contribution is -2.46. The van der Waals surface area contributed by atoms with E-state index in [1.54, 1.807) is 11.3 Å². The van der Waals surface area contributed by atoms with Crippen LogP contribution in [0.1, 0.15) is 32.6 Å². The summed E-state index contributed by atoms with van der Waals surface area (Å²) in [6.07, 6.45) is 0. The first kappa shape index (κ1) is 22.6. The van der Waals surface area contributed by atoms with E-state index in [4.69, 9.17) is 0 Å². The first-order chi connectivity index (χ1) is 10.2. The molecule has 5 nitrogen and oxygen atoms in total. The van der Waals surface area contributed by atoms with Crippen molar-refractivity contribution < 1.29 is 5.11 Å². The van der Waals surface area contributed by atoms with Crippen molar-refractivity contribution >= 4 is 41.3 Å². The van der Waals surface area contributed by atoms with Crippen LogP contribution in [0.15, 0.2) is 22.5 Å². The first-order valence-corrected chi connectivity index (χ1v) is 8.53. The smallest absolute Gasteiger partial charge is 0.191 e. The summed E-state index contributed by atoms with van der Waals surface area (Å²) in [6.45, 7) is 10.0. The predicted molar refractivity (Wildman–Crippen MR) is 111 cm³/mol. The maximum atomic E-state index is 10.6.